The summed E-state index contributed by atoms with van der Waals surface area (Å²) in [6.07, 6.45) is -0.509. The first kappa shape index (κ1) is 22.8. The van der Waals surface area contributed by atoms with Crippen molar-refractivity contribution in [3.63, 3.8) is 0 Å². The third-order valence-electron chi connectivity index (χ3n) is 6.20. The smallest absolute Gasteiger partial charge is 0.304 e. The van der Waals surface area contributed by atoms with E-state index >= 15 is 0 Å². The number of carbonyl (C=O) groups excluding carboxylic acids is 1. The molecule has 2 heterocycles. The van der Waals surface area contributed by atoms with Gasteiger partial charge in [-0.05, 0) is 26.0 Å². The van der Waals surface area contributed by atoms with Crippen LogP contribution in [0.4, 0.5) is 10.1 Å². The molecule has 2 aliphatic rings. The number of carboxylic acid groups (broad SMARTS) is 1. The Balaban J connectivity index is 1.69. The molecule has 2 atom stereocenters. The van der Waals surface area contributed by atoms with Gasteiger partial charge in [0.1, 0.15) is 35.2 Å². The second-order valence-electron chi connectivity index (χ2n) is 8.52. The van der Waals surface area contributed by atoms with Crippen LogP contribution in [0.3, 0.4) is 0 Å². The van der Waals surface area contributed by atoms with Crippen LogP contribution in [0.25, 0.3) is 0 Å². The molecule has 2 aliphatic heterocycles. The summed E-state index contributed by atoms with van der Waals surface area (Å²) in [6.45, 7) is 5.28. The molecular formula is C24H26FNO7. The molecule has 33 heavy (non-hydrogen) atoms. The van der Waals surface area contributed by atoms with Crippen LogP contribution in [-0.2, 0) is 9.53 Å². The molecule has 1 fully saturated rings. The summed E-state index contributed by atoms with van der Waals surface area (Å²) in [6, 6.07) is 7.56. The number of anilines is 1. The highest BCUT2D eigenvalue weighted by Gasteiger charge is 2.49. The monoisotopic (exact) mass is 459 g/mol. The highest BCUT2D eigenvalue weighted by molar-refractivity contribution is 6.06. The molecule has 2 unspecified atom stereocenters. The third-order valence-corrected chi connectivity index (χ3v) is 6.20. The molecule has 0 radical (unpaired) electrons. The van der Waals surface area contributed by atoms with Crippen LogP contribution in [0.2, 0.25) is 0 Å². The van der Waals surface area contributed by atoms with Crippen LogP contribution in [0.5, 0.6) is 17.2 Å². The van der Waals surface area contributed by atoms with E-state index in [0.29, 0.717) is 37.6 Å². The number of ketones is 1. The molecule has 0 saturated carbocycles. The Morgan fingerprint density at radius 2 is 2.03 bits per heavy atom. The predicted octanol–water partition coefficient (Wildman–Crippen LogP) is 3.18. The number of phenols is 1. The van der Waals surface area contributed by atoms with Crippen molar-refractivity contribution in [1.29, 1.82) is 0 Å². The van der Waals surface area contributed by atoms with Crippen LogP contribution in [0, 0.1) is 18.7 Å². The number of hydrogen-bond donors (Lipinski definition) is 2. The van der Waals surface area contributed by atoms with Gasteiger partial charge in [-0.25, -0.2) is 4.39 Å². The first-order chi connectivity index (χ1) is 15.7. The zero-order valence-corrected chi connectivity index (χ0v) is 18.5. The molecule has 2 aromatic rings. The Kier molecular flexibility index (Phi) is 6.16. The number of carboxylic acids is 1. The molecule has 0 aliphatic carbocycles. The van der Waals surface area contributed by atoms with Crippen molar-refractivity contribution in [2.24, 2.45) is 5.92 Å². The number of ether oxygens (including phenoxy) is 3. The van der Waals surface area contributed by atoms with Gasteiger partial charge in [-0.3, -0.25) is 9.59 Å². The number of halogens is 1. The summed E-state index contributed by atoms with van der Waals surface area (Å²) in [5.74, 6) is -3.10. The van der Waals surface area contributed by atoms with Gasteiger partial charge in [0.15, 0.2) is 11.4 Å². The molecule has 2 N–H and O–H groups in total. The molecule has 0 aromatic heterocycles. The number of phenolic OH excluding ortho intramolecular Hbond substituents is 1. The van der Waals surface area contributed by atoms with E-state index in [2.05, 4.69) is 0 Å². The van der Waals surface area contributed by atoms with Gasteiger partial charge >= 0.3 is 5.97 Å². The second kappa shape index (κ2) is 8.90. The molecule has 4 rings (SSSR count). The average molecular weight is 459 g/mol. The van der Waals surface area contributed by atoms with E-state index in [-0.39, 0.29) is 29.4 Å². The van der Waals surface area contributed by atoms with E-state index in [1.807, 2.05) is 4.90 Å². The lowest BCUT2D eigenvalue weighted by molar-refractivity contribution is -0.140. The van der Waals surface area contributed by atoms with Crippen molar-refractivity contribution in [3.05, 3.63) is 47.3 Å². The van der Waals surface area contributed by atoms with Crippen molar-refractivity contribution < 1.29 is 38.4 Å². The molecule has 0 amide bonds. The first-order valence-electron chi connectivity index (χ1n) is 10.7. The summed E-state index contributed by atoms with van der Waals surface area (Å²) >= 11 is 0. The SMILES string of the molecule is Cc1c(F)cccc1OCC1(C)Oc2cc(N3CCOCC3)cc(O)c2C(=O)C1CC(=O)O. The van der Waals surface area contributed by atoms with Crippen molar-refractivity contribution in [2.75, 3.05) is 37.8 Å². The van der Waals surface area contributed by atoms with Gasteiger partial charge in [-0.15, -0.1) is 0 Å². The molecule has 1 saturated heterocycles. The van der Waals surface area contributed by atoms with E-state index in [4.69, 9.17) is 14.2 Å². The summed E-state index contributed by atoms with van der Waals surface area (Å²) in [5.41, 5.74) is -0.441. The zero-order chi connectivity index (χ0) is 23.8. The number of fused-ring (bicyclic) bond motifs is 1. The zero-order valence-electron chi connectivity index (χ0n) is 18.5. The summed E-state index contributed by atoms with van der Waals surface area (Å²) in [5, 5.41) is 20.1. The molecule has 0 spiro atoms. The first-order valence-corrected chi connectivity index (χ1v) is 10.7. The molecule has 0 bridgehead atoms. The Labute approximate surface area is 190 Å². The number of nitrogens with zero attached hydrogens (tertiary/aromatic N) is 1. The number of aliphatic carboxylic acids is 1. The van der Waals surface area contributed by atoms with Crippen LogP contribution >= 0.6 is 0 Å². The summed E-state index contributed by atoms with van der Waals surface area (Å²) in [4.78, 5) is 26.9. The molecule has 176 valence electrons. The van der Waals surface area contributed by atoms with Crippen molar-refractivity contribution in [3.8, 4) is 17.2 Å². The lowest BCUT2D eigenvalue weighted by atomic mass is 9.78. The fourth-order valence-corrected chi connectivity index (χ4v) is 4.27. The number of hydrogen-bond acceptors (Lipinski definition) is 7. The van der Waals surface area contributed by atoms with Crippen LogP contribution in [0.15, 0.2) is 30.3 Å². The fraction of sp³-hybridized carbons (Fsp3) is 0.417. The Morgan fingerprint density at radius 1 is 1.30 bits per heavy atom. The van der Waals surface area contributed by atoms with Crippen LogP contribution < -0.4 is 14.4 Å². The number of carbonyl (C=O) groups is 2. The fourth-order valence-electron chi connectivity index (χ4n) is 4.27. The standard InChI is InChI=1S/C24H26FNO7/c1-14-17(25)4-3-5-19(14)32-13-24(2)16(12-21(28)29)23(30)22-18(27)10-15(11-20(22)33-24)26-6-8-31-9-7-26/h3-5,10-11,16,27H,6-9,12-13H2,1-2H3,(H,28,29). The predicted molar refractivity (Wildman–Crippen MR) is 117 cm³/mol. The van der Waals surface area contributed by atoms with E-state index in [9.17, 15) is 24.2 Å². The largest absolute Gasteiger partial charge is 0.507 e. The lowest BCUT2D eigenvalue weighted by Crippen LogP contribution is -2.53. The molecular weight excluding hydrogens is 433 g/mol. The maximum atomic E-state index is 13.9. The number of morpholine rings is 1. The van der Waals surface area contributed by atoms with Gasteiger partial charge < -0.3 is 29.3 Å². The van der Waals surface area contributed by atoms with Crippen LogP contribution in [-0.4, -0.2) is 60.5 Å². The number of Topliss-reactive ketones (excluding diaryl/α,β-unsaturated/α-hetero) is 1. The van der Waals surface area contributed by atoms with Gasteiger partial charge in [-0.2, -0.15) is 0 Å². The molecule has 2 aromatic carbocycles. The molecule has 9 heteroatoms. The Morgan fingerprint density at radius 3 is 2.73 bits per heavy atom. The number of aromatic hydroxyl groups is 1. The van der Waals surface area contributed by atoms with E-state index in [1.165, 1.54) is 18.2 Å². The highest BCUT2D eigenvalue weighted by atomic mass is 19.1. The van der Waals surface area contributed by atoms with Gasteiger partial charge in [0.2, 0.25) is 0 Å². The Hall–Kier alpha value is -3.33. The minimum Gasteiger partial charge on any atom is -0.507 e. The molecule has 8 nitrogen and oxygen atoms in total. The summed E-state index contributed by atoms with van der Waals surface area (Å²) < 4.78 is 31.3. The highest BCUT2D eigenvalue weighted by Crippen LogP contribution is 2.45. The lowest BCUT2D eigenvalue weighted by Gasteiger charge is -2.41. The minimum absolute atomic E-state index is 0.0438. The van der Waals surface area contributed by atoms with Crippen LogP contribution in [0.1, 0.15) is 29.3 Å². The maximum absolute atomic E-state index is 13.9. The van der Waals surface area contributed by atoms with E-state index in [0.717, 1.165) is 0 Å². The average Bonchev–Trinajstić information content (AvgIpc) is 2.77. The summed E-state index contributed by atoms with van der Waals surface area (Å²) in [7, 11) is 0. The minimum atomic E-state index is -1.36. The van der Waals surface area contributed by atoms with Gasteiger partial charge in [0, 0.05) is 36.5 Å². The van der Waals surface area contributed by atoms with Gasteiger partial charge in [-0.1, -0.05) is 6.07 Å². The quantitative estimate of drug-likeness (QED) is 0.679. The van der Waals surface area contributed by atoms with Crippen molar-refractivity contribution in [2.45, 2.75) is 25.9 Å². The van der Waals surface area contributed by atoms with Crippen molar-refractivity contribution in [1.82, 2.24) is 0 Å². The third kappa shape index (κ3) is 4.45. The second-order valence-corrected chi connectivity index (χ2v) is 8.52. The maximum Gasteiger partial charge on any atom is 0.304 e. The van der Waals surface area contributed by atoms with Gasteiger partial charge in [0.05, 0.1) is 25.6 Å². The van der Waals surface area contributed by atoms with Gasteiger partial charge in [0.25, 0.3) is 0 Å². The Bertz CT molecular complexity index is 1080. The number of rotatable bonds is 6. The van der Waals surface area contributed by atoms with Crippen molar-refractivity contribution >= 4 is 17.4 Å². The van der Waals surface area contributed by atoms with E-state index in [1.54, 1.807) is 26.0 Å². The number of benzene rings is 2. The normalized spacial score (nSPS) is 22.5. The topological polar surface area (TPSA) is 106 Å². The van der Waals surface area contributed by atoms with E-state index < -0.39 is 35.5 Å².